The summed E-state index contributed by atoms with van der Waals surface area (Å²) in [4.78, 5) is -0.223. The Labute approximate surface area is 173 Å². The van der Waals surface area contributed by atoms with Gasteiger partial charge in [-0.15, -0.1) is 0 Å². The van der Waals surface area contributed by atoms with Crippen LogP contribution in [0.25, 0.3) is 0 Å². The molecule has 0 aliphatic carbocycles. The van der Waals surface area contributed by atoms with Gasteiger partial charge in [-0.05, 0) is 43.3 Å². The van der Waals surface area contributed by atoms with Crippen molar-refractivity contribution in [1.82, 2.24) is 0 Å². The van der Waals surface area contributed by atoms with Gasteiger partial charge in [-0.3, -0.25) is 4.72 Å². The summed E-state index contributed by atoms with van der Waals surface area (Å²) in [5, 5.41) is 0. The number of alkyl halides is 3. The summed E-state index contributed by atoms with van der Waals surface area (Å²) in [5.74, 6) is -6.46. The van der Waals surface area contributed by atoms with Crippen molar-refractivity contribution in [2.75, 3.05) is 4.72 Å². The highest BCUT2D eigenvalue weighted by molar-refractivity contribution is 7.92. The molecule has 0 atom stereocenters. The Bertz CT molecular complexity index is 1200. The Balaban J connectivity index is 2.00. The van der Waals surface area contributed by atoms with Crippen LogP contribution in [0.3, 0.4) is 0 Å². The lowest BCUT2D eigenvalue weighted by Crippen LogP contribution is -2.15. The highest BCUT2D eigenvalue weighted by Crippen LogP contribution is 2.38. The van der Waals surface area contributed by atoms with E-state index in [0.29, 0.717) is 0 Å². The zero-order chi connectivity index (χ0) is 23.0. The monoisotopic (exact) mass is 461 g/mol. The molecule has 0 saturated carbocycles. The first kappa shape index (κ1) is 22.5. The molecule has 31 heavy (non-hydrogen) atoms. The van der Waals surface area contributed by atoms with E-state index in [1.54, 1.807) is 6.92 Å². The summed E-state index contributed by atoms with van der Waals surface area (Å²) in [6, 6.07) is 8.45. The van der Waals surface area contributed by atoms with Crippen molar-refractivity contribution in [3.63, 3.8) is 0 Å². The van der Waals surface area contributed by atoms with Crippen LogP contribution in [0, 0.1) is 24.4 Å². The topological polar surface area (TPSA) is 55.4 Å². The van der Waals surface area contributed by atoms with E-state index in [0.717, 1.165) is 23.8 Å². The molecule has 0 spiro atoms. The maximum Gasteiger partial charge on any atom is 0.416 e. The molecule has 11 heteroatoms. The lowest BCUT2D eigenvalue weighted by molar-refractivity contribution is -0.138. The van der Waals surface area contributed by atoms with Crippen molar-refractivity contribution < 1.29 is 39.5 Å². The molecule has 0 heterocycles. The van der Waals surface area contributed by atoms with Gasteiger partial charge in [-0.2, -0.15) is 13.2 Å². The van der Waals surface area contributed by atoms with E-state index in [-0.39, 0.29) is 17.0 Å². The Morgan fingerprint density at radius 3 is 2.00 bits per heavy atom. The molecule has 4 nitrogen and oxygen atoms in total. The van der Waals surface area contributed by atoms with Crippen LogP contribution in [-0.4, -0.2) is 8.42 Å². The number of rotatable bonds is 5. The molecule has 0 bridgehead atoms. The van der Waals surface area contributed by atoms with Gasteiger partial charge in [-0.25, -0.2) is 21.6 Å². The minimum atomic E-state index is -5.01. The van der Waals surface area contributed by atoms with Crippen LogP contribution in [-0.2, 0) is 16.2 Å². The first-order valence-corrected chi connectivity index (χ1v) is 9.99. The predicted molar refractivity (Wildman–Crippen MR) is 99.8 cm³/mol. The number of halogens is 6. The third-order valence-electron chi connectivity index (χ3n) is 4.08. The summed E-state index contributed by atoms with van der Waals surface area (Å²) in [5.41, 5.74) is -1.60. The number of benzene rings is 3. The Morgan fingerprint density at radius 2 is 1.45 bits per heavy atom. The lowest BCUT2D eigenvalue weighted by Gasteiger charge is -2.16. The van der Waals surface area contributed by atoms with Crippen molar-refractivity contribution in [2.24, 2.45) is 0 Å². The summed E-state index contributed by atoms with van der Waals surface area (Å²) < 4.78 is 113. The molecular weight excluding hydrogens is 448 g/mol. The Kier molecular flexibility index (Phi) is 5.90. The molecule has 3 aromatic rings. The molecule has 3 aromatic carbocycles. The van der Waals surface area contributed by atoms with Crippen molar-refractivity contribution in [2.45, 2.75) is 18.0 Å². The third kappa shape index (κ3) is 4.93. The lowest BCUT2D eigenvalue weighted by atomic mass is 10.2. The maximum atomic E-state index is 14.3. The fourth-order valence-corrected chi connectivity index (χ4v) is 3.61. The number of nitrogens with one attached hydrogen (secondary N) is 1. The molecule has 0 amide bonds. The predicted octanol–water partition coefficient (Wildman–Crippen LogP) is 6.02. The van der Waals surface area contributed by atoms with Gasteiger partial charge in [-0.1, -0.05) is 23.8 Å². The minimum Gasteiger partial charge on any atom is -0.449 e. The molecule has 164 valence electrons. The number of anilines is 1. The molecule has 0 aliphatic heterocycles. The second-order valence-corrected chi connectivity index (χ2v) is 8.08. The van der Waals surface area contributed by atoms with Crippen molar-refractivity contribution in [3.05, 3.63) is 83.2 Å². The smallest absolute Gasteiger partial charge is 0.416 e. The molecule has 0 radical (unpaired) electrons. The van der Waals surface area contributed by atoms with Crippen LogP contribution in [0.4, 0.5) is 32.0 Å². The molecule has 0 saturated heterocycles. The fraction of sp³-hybridized carbons (Fsp3) is 0.100. The van der Waals surface area contributed by atoms with Gasteiger partial charge < -0.3 is 4.74 Å². The minimum absolute atomic E-state index is 0.00780. The van der Waals surface area contributed by atoms with E-state index in [1.807, 2.05) is 4.72 Å². The van der Waals surface area contributed by atoms with Gasteiger partial charge in [0.15, 0.2) is 29.0 Å². The van der Waals surface area contributed by atoms with Crippen molar-refractivity contribution >= 4 is 15.7 Å². The molecule has 3 rings (SSSR count). The summed E-state index contributed by atoms with van der Waals surface area (Å²) in [7, 11) is -4.32. The average Bonchev–Trinajstić information content (AvgIpc) is 2.66. The standard InChI is InChI=1S/C20H13F6NO3S/c1-11-5-7-13(8-6-11)31(28,29)27-18-14(21)3-2-4-17(18)30-19-15(22)9-12(10-16(19)23)20(24,25)26/h2-10,27H,1H3. The van der Waals surface area contributed by atoms with E-state index in [9.17, 15) is 34.8 Å². The van der Waals surface area contributed by atoms with Crippen molar-refractivity contribution in [3.8, 4) is 11.5 Å². The van der Waals surface area contributed by atoms with Crippen LogP contribution < -0.4 is 9.46 Å². The summed E-state index contributed by atoms with van der Waals surface area (Å²) in [6.45, 7) is 1.72. The maximum absolute atomic E-state index is 14.3. The molecule has 0 unspecified atom stereocenters. The van der Waals surface area contributed by atoms with E-state index < -0.39 is 56.4 Å². The third-order valence-corrected chi connectivity index (χ3v) is 5.45. The number of ether oxygens (including phenoxy) is 1. The SMILES string of the molecule is Cc1ccc(S(=O)(=O)Nc2c(F)cccc2Oc2c(F)cc(C(F)(F)F)cc2F)cc1. The zero-order valence-corrected chi connectivity index (χ0v) is 16.4. The van der Waals surface area contributed by atoms with Gasteiger partial charge in [0.25, 0.3) is 10.0 Å². The highest BCUT2D eigenvalue weighted by Gasteiger charge is 2.33. The first-order valence-electron chi connectivity index (χ1n) is 8.50. The van der Waals surface area contributed by atoms with Crippen LogP contribution in [0.1, 0.15) is 11.1 Å². The van der Waals surface area contributed by atoms with Gasteiger partial charge in [0, 0.05) is 0 Å². The van der Waals surface area contributed by atoms with Crippen LogP contribution >= 0.6 is 0 Å². The quantitative estimate of drug-likeness (QED) is 0.473. The first-order chi connectivity index (χ1) is 14.4. The number of hydrogen-bond acceptors (Lipinski definition) is 3. The number of sulfonamides is 1. The highest BCUT2D eigenvalue weighted by atomic mass is 32.2. The van der Waals surface area contributed by atoms with Crippen LogP contribution in [0.2, 0.25) is 0 Å². The molecule has 0 fully saturated rings. The van der Waals surface area contributed by atoms with Crippen LogP contribution in [0.15, 0.2) is 59.5 Å². The fourth-order valence-electron chi connectivity index (χ4n) is 2.53. The van der Waals surface area contributed by atoms with Gasteiger partial charge in [0.05, 0.1) is 10.5 Å². The number of hydrogen-bond donors (Lipinski definition) is 1. The molecule has 0 aliphatic rings. The summed E-state index contributed by atoms with van der Waals surface area (Å²) >= 11 is 0. The van der Waals surface area contributed by atoms with Gasteiger partial charge in [0.2, 0.25) is 0 Å². The molecule has 1 N–H and O–H groups in total. The number of para-hydroxylation sites is 1. The van der Waals surface area contributed by atoms with Crippen LogP contribution in [0.5, 0.6) is 11.5 Å². The van der Waals surface area contributed by atoms with Crippen molar-refractivity contribution in [1.29, 1.82) is 0 Å². The van der Waals surface area contributed by atoms with E-state index >= 15 is 0 Å². The van der Waals surface area contributed by atoms with Gasteiger partial charge >= 0.3 is 6.18 Å². The molecular formula is C20H13F6NO3S. The van der Waals surface area contributed by atoms with E-state index in [4.69, 9.17) is 4.74 Å². The summed E-state index contributed by atoms with van der Waals surface area (Å²) in [6.07, 6.45) is -5.01. The van der Waals surface area contributed by atoms with E-state index in [2.05, 4.69) is 0 Å². The second kappa shape index (κ2) is 8.14. The zero-order valence-electron chi connectivity index (χ0n) is 15.6. The average molecular weight is 461 g/mol. The number of aryl methyl sites for hydroxylation is 1. The molecule has 0 aromatic heterocycles. The largest absolute Gasteiger partial charge is 0.449 e. The normalized spacial score (nSPS) is 12.0. The van der Waals surface area contributed by atoms with Gasteiger partial charge in [0.1, 0.15) is 5.69 Å². The second-order valence-electron chi connectivity index (χ2n) is 6.40. The Hall–Kier alpha value is -3.21. The van der Waals surface area contributed by atoms with E-state index in [1.165, 1.54) is 24.3 Å². The Morgan fingerprint density at radius 1 is 0.871 bits per heavy atom.